The quantitative estimate of drug-likeness (QED) is 0.419. The molecule has 2 aromatic rings. The molecule has 1 heterocycles. The summed E-state index contributed by atoms with van der Waals surface area (Å²) in [5.74, 6) is -0.623. The predicted octanol–water partition coefficient (Wildman–Crippen LogP) is 4.92. The number of ether oxygens (including phenoxy) is 1. The van der Waals surface area contributed by atoms with Gasteiger partial charge in [0.1, 0.15) is 11.5 Å². The van der Waals surface area contributed by atoms with Gasteiger partial charge in [-0.25, -0.2) is 0 Å². The Morgan fingerprint density at radius 1 is 1.10 bits per heavy atom. The summed E-state index contributed by atoms with van der Waals surface area (Å²) in [5.41, 5.74) is 3.30. The van der Waals surface area contributed by atoms with Crippen LogP contribution in [0.25, 0.3) is 5.76 Å². The Bertz CT molecular complexity index is 989. The van der Waals surface area contributed by atoms with Crippen molar-refractivity contribution in [1.82, 2.24) is 4.90 Å². The number of aliphatic hydroxyl groups excluding tert-OH is 1. The highest BCUT2D eigenvalue weighted by atomic mass is 16.5. The Balaban J connectivity index is 2.15. The molecule has 1 atom stereocenters. The van der Waals surface area contributed by atoms with Gasteiger partial charge in [-0.3, -0.25) is 9.59 Å². The lowest BCUT2D eigenvalue weighted by atomic mass is 9.93. The minimum Gasteiger partial charge on any atom is -0.507 e. The first kappa shape index (κ1) is 21.6. The minimum absolute atomic E-state index is 0.0471. The lowest BCUT2D eigenvalue weighted by Gasteiger charge is -2.25. The predicted molar refractivity (Wildman–Crippen MR) is 117 cm³/mol. The third kappa shape index (κ3) is 4.11. The van der Waals surface area contributed by atoms with Gasteiger partial charge in [-0.05, 0) is 63.4 Å². The summed E-state index contributed by atoms with van der Waals surface area (Å²) in [7, 11) is 0. The van der Waals surface area contributed by atoms with Gasteiger partial charge in [0, 0.05) is 12.1 Å². The summed E-state index contributed by atoms with van der Waals surface area (Å²) in [6.45, 7) is 10.1. The van der Waals surface area contributed by atoms with Crippen LogP contribution in [0, 0.1) is 13.8 Å². The van der Waals surface area contributed by atoms with Crippen molar-refractivity contribution in [1.29, 1.82) is 0 Å². The third-order valence-corrected chi connectivity index (χ3v) is 5.22. The molecule has 158 valence electrons. The van der Waals surface area contributed by atoms with E-state index in [2.05, 4.69) is 0 Å². The number of amides is 1. The Morgan fingerprint density at radius 3 is 2.37 bits per heavy atom. The Kier molecular flexibility index (Phi) is 6.30. The van der Waals surface area contributed by atoms with Crippen LogP contribution in [0.15, 0.2) is 48.0 Å². The lowest BCUT2D eigenvalue weighted by molar-refractivity contribution is -0.139. The molecule has 1 aliphatic rings. The van der Waals surface area contributed by atoms with Crippen LogP contribution in [0.5, 0.6) is 5.75 Å². The number of ketones is 1. The normalized spacial score (nSPS) is 18.3. The number of rotatable bonds is 6. The molecule has 1 aliphatic heterocycles. The average Bonchev–Trinajstić information content (AvgIpc) is 2.95. The monoisotopic (exact) mass is 407 g/mol. The van der Waals surface area contributed by atoms with E-state index in [4.69, 9.17) is 4.74 Å². The topological polar surface area (TPSA) is 66.8 Å². The van der Waals surface area contributed by atoms with E-state index in [0.717, 1.165) is 22.4 Å². The molecule has 5 nitrogen and oxygen atoms in total. The summed E-state index contributed by atoms with van der Waals surface area (Å²) < 4.78 is 5.71. The zero-order chi connectivity index (χ0) is 22.0. The number of nitrogens with zero attached hydrogens (tertiary/aromatic N) is 1. The summed E-state index contributed by atoms with van der Waals surface area (Å²) in [6.07, 6.45) is 0.757. The number of carbonyl (C=O) groups excluding carboxylic acids is 2. The van der Waals surface area contributed by atoms with Crippen LogP contribution in [-0.4, -0.2) is 34.3 Å². The fourth-order valence-electron chi connectivity index (χ4n) is 3.84. The van der Waals surface area contributed by atoms with E-state index in [0.29, 0.717) is 18.5 Å². The number of aryl methyl sites for hydroxylation is 2. The molecule has 5 heteroatoms. The molecule has 1 saturated heterocycles. The molecular weight excluding hydrogens is 378 g/mol. The highest BCUT2D eigenvalue weighted by Gasteiger charge is 2.45. The van der Waals surface area contributed by atoms with Crippen molar-refractivity contribution in [3.8, 4) is 5.75 Å². The zero-order valence-corrected chi connectivity index (χ0v) is 18.2. The second-order valence-electron chi connectivity index (χ2n) is 8.05. The standard InChI is InChI=1S/C25H29NO4/c1-6-13-26-22(18-9-11-19(12-10-18)30-15(2)3)21(24(28)25(26)29)23(27)20-14-16(4)7-8-17(20)5/h7-12,14-15,22,27H,6,13H2,1-5H3/b23-21+. The molecule has 0 spiro atoms. The van der Waals surface area contributed by atoms with Crippen molar-refractivity contribution in [2.45, 2.75) is 53.2 Å². The van der Waals surface area contributed by atoms with Crippen LogP contribution < -0.4 is 4.74 Å². The highest BCUT2D eigenvalue weighted by Crippen LogP contribution is 2.40. The van der Waals surface area contributed by atoms with Gasteiger partial charge < -0.3 is 14.7 Å². The van der Waals surface area contributed by atoms with Crippen LogP contribution in [0.2, 0.25) is 0 Å². The van der Waals surface area contributed by atoms with Gasteiger partial charge in [0.2, 0.25) is 0 Å². The van der Waals surface area contributed by atoms with Crippen LogP contribution in [0.1, 0.15) is 55.5 Å². The molecule has 1 unspecified atom stereocenters. The molecule has 1 fully saturated rings. The summed E-state index contributed by atoms with van der Waals surface area (Å²) in [6, 6.07) is 12.4. The molecule has 0 aliphatic carbocycles. The van der Waals surface area contributed by atoms with Gasteiger partial charge >= 0.3 is 0 Å². The van der Waals surface area contributed by atoms with E-state index in [9.17, 15) is 14.7 Å². The summed E-state index contributed by atoms with van der Waals surface area (Å²) >= 11 is 0. The van der Waals surface area contributed by atoms with Crippen LogP contribution >= 0.6 is 0 Å². The summed E-state index contributed by atoms with van der Waals surface area (Å²) in [4.78, 5) is 27.3. The van der Waals surface area contributed by atoms with E-state index in [1.165, 1.54) is 0 Å². The number of hydrogen-bond donors (Lipinski definition) is 1. The maximum absolute atomic E-state index is 13.0. The van der Waals surface area contributed by atoms with Crippen molar-refractivity contribution in [3.05, 3.63) is 70.3 Å². The Morgan fingerprint density at radius 2 is 1.77 bits per heavy atom. The third-order valence-electron chi connectivity index (χ3n) is 5.22. The second-order valence-corrected chi connectivity index (χ2v) is 8.05. The van der Waals surface area contributed by atoms with E-state index < -0.39 is 17.7 Å². The lowest BCUT2D eigenvalue weighted by Crippen LogP contribution is -2.30. The Labute approximate surface area is 178 Å². The first-order valence-electron chi connectivity index (χ1n) is 10.4. The van der Waals surface area contributed by atoms with Gasteiger partial charge in [-0.1, -0.05) is 36.8 Å². The number of Topliss-reactive ketones (excluding diaryl/α,β-unsaturated/α-hetero) is 1. The first-order valence-corrected chi connectivity index (χ1v) is 10.4. The van der Waals surface area contributed by atoms with Gasteiger partial charge in [0.05, 0.1) is 17.7 Å². The van der Waals surface area contributed by atoms with Gasteiger partial charge in [-0.15, -0.1) is 0 Å². The molecule has 30 heavy (non-hydrogen) atoms. The fraction of sp³-hybridized carbons (Fsp3) is 0.360. The molecule has 0 bridgehead atoms. The number of hydrogen-bond acceptors (Lipinski definition) is 4. The van der Waals surface area contributed by atoms with E-state index >= 15 is 0 Å². The van der Waals surface area contributed by atoms with Crippen molar-refractivity contribution in [2.24, 2.45) is 0 Å². The van der Waals surface area contributed by atoms with E-state index in [1.54, 1.807) is 4.90 Å². The van der Waals surface area contributed by atoms with Crippen molar-refractivity contribution < 1.29 is 19.4 Å². The van der Waals surface area contributed by atoms with Gasteiger partial charge in [0.25, 0.3) is 11.7 Å². The van der Waals surface area contributed by atoms with Crippen LogP contribution in [0.3, 0.4) is 0 Å². The number of carbonyl (C=O) groups is 2. The molecular formula is C25H29NO4. The molecule has 0 radical (unpaired) electrons. The first-order chi connectivity index (χ1) is 14.2. The largest absolute Gasteiger partial charge is 0.507 e. The molecule has 0 aromatic heterocycles. The maximum atomic E-state index is 13.0. The molecule has 0 saturated carbocycles. The molecule has 3 rings (SSSR count). The van der Waals surface area contributed by atoms with Crippen molar-refractivity contribution in [2.75, 3.05) is 6.54 Å². The molecule has 1 amide bonds. The number of likely N-dealkylation sites (tertiary alicyclic amines) is 1. The molecule has 1 N–H and O–H groups in total. The van der Waals surface area contributed by atoms with E-state index in [-0.39, 0.29) is 17.4 Å². The highest BCUT2D eigenvalue weighted by molar-refractivity contribution is 6.46. The van der Waals surface area contributed by atoms with Crippen LogP contribution in [-0.2, 0) is 9.59 Å². The second kappa shape index (κ2) is 8.74. The van der Waals surface area contributed by atoms with Gasteiger partial charge in [-0.2, -0.15) is 0 Å². The number of aliphatic hydroxyl groups is 1. The average molecular weight is 408 g/mol. The smallest absolute Gasteiger partial charge is 0.295 e. The van der Waals surface area contributed by atoms with Gasteiger partial charge in [0.15, 0.2) is 0 Å². The maximum Gasteiger partial charge on any atom is 0.295 e. The fourth-order valence-corrected chi connectivity index (χ4v) is 3.84. The number of benzene rings is 2. The zero-order valence-electron chi connectivity index (χ0n) is 18.2. The van der Waals surface area contributed by atoms with Crippen molar-refractivity contribution >= 4 is 17.4 Å². The van der Waals surface area contributed by atoms with E-state index in [1.807, 2.05) is 77.1 Å². The molecule has 2 aromatic carbocycles. The SMILES string of the molecule is CCCN1C(=O)C(=O)/C(=C(/O)c2cc(C)ccc2C)C1c1ccc(OC(C)C)cc1. The van der Waals surface area contributed by atoms with Crippen molar-refractivity contribution in [3.63, 3.8) is 0 Å². The minimum atomic E-state index is -0.644. The summed E-state index contributed by atoms with van der Waals surface area (Å²) in [5, 5.41) is 11.2. The Hall–Kier alpha value is -3.08. The van der Waals surface area contributed by atoms with Crippen LogP contribution in [0.4, 0.5) is 0 Å².